The van der Waals surface area contributed by atoms with Crippen LogP contribution in [-0.2, 0) is 14.3 Å². The first kappa shape index (κ1) is 14.6. The molecule has 4 atom stereocenters. The minimum atomic E-state index is -0.785. The number of allylic oxidation sites excluding steroid dienone is 1. The molecule has 4 rings (SSSR count). The van der Waals surface area contributed by atoms with Gasteiger partial charge in [0.2, 0.25) is 5.91 Å². The fourth-order valence-corrected chi connectivity index (χ4v) is 3.81. The molecule has 3 heterocycles. The van der Waals surface area contributed by atoms with E-state index in [-0.39, 0.29) is 17.9 Å². The predicted molar refractivity (Wildman–Crippen MR) is 86.8 cm³/mol. The maximum Gasteiger partial charge on any atom is 0.263 e. The fourth-order valence-electron chi connectivity index (χ4n) is 3.68. The molecule has 0 unspecified atom stereocenters. The zero-order valence-electron chi connectivity index (χ0n) is 12.7. The van der Waals surface area contributed by atoms with Crippen LogP contribution in [0, 0.1) is 5.92 Å². The van der Waals surface area contributed by atoms with E-state index in [0.29, 0.717) is 10.7 Å². The monoisotopic (exact) mass is 330 g/mol. The van der Waals surface area contributed by atoms with Crippen molar-refractivity contribution in [2.45, 2.75) is 31.6 Å². The fraction of sp³-hybridized carbons (Fsp3) is 0.353. The van der Waals surface area contributed by atoms with E-state index >= 15 is 0 Å². The number of carbonyl (C=O) groups is 2. The molecule has 0 radical (unpaired) electrons. The Hall–Kier alpha value is -1.98. The molecule has 5 nitrogen and oxygen atoms in total. The lowest BCUT2D eigenvalue weighted by molar-refractivity contribution is -0.129. The van der Waals surface area contributed by atoms with E-state index in [0.717, 1.165) is 5.57 Å². The topological polar surface area (TPSA) is 59.0 Å². The molecule has 2 fully saturated rings. The van der Waals surface area contributed by atoms with Crippen LogP contribution in [0.25, 0.3) is 0 Å². The third-order valence-corrected chi connectivity index (χ3v) is 4.89. The first-order chi connectivity index (χ1) is 10.9. The molecule has 2 saturated heterocycles. The van der Waals surface area contributed by atoms with Crippen molar-refractivity contribution in [2.75, 3.05) is 4.90 Å². The summed E-state index contributed by atoms with van der Waals surface area (Å²) in [7, 11) is 0. The van der Waals surface area contributed by atoms with Gasteiger partial charge < -0.3 is 4.74 Å². The summed E-state index contributed by atoms with van der Waals surface area (Å²) in [5, 5.41) is 0.550. The van der Waals surface area contributed by atoms with Crippen molar-refractivity contribution in [3.8, 4) is 0 Å². The molecule has 0 aromatic heterocycles. The number of imide groups is 1. The summed E-state index contributed by atoms with van der Waals surface area (Å²) in [6.07, 6.45) is 2.89. The SMILES string of the molecule is CC1=C[C@@]2(C)O[C@H]3C(=O)N(c4ccc(Cl)cc4)C(=O)[C@@H]3[C@@H]2N=C1. The smallest absolute Gasteiger partial charge is 0.263 e. The van der Waals surface area contributed by atoms with Crippen molar-refractivity contribution < 1.29 is 14.3 Å². The van der Waals surface area contributed by atoms with Crippen LogP contribution in [0.1, 0.15) is 13.8 Å². The summed E-state index contributed by atoms with van der Waals surface area (Å²) in [5.41, 5.74) is 0.778. The van der Waals surface area contributed by atoms with Gasteiger partial charge in [-0.1, -0.05) is 11.6 Å². The molecule has 118 valence electrons. The van der Waals surface area contributed by atoms with Gasteiger partial charge in [0.1, 0.15) is 5.60 Å². The molecule has 23 heavy (non-hydrogen) atoms. The summed E-state index contributed by atoms with van der Waals surface area (Å²) in [6.45, 7) is 3.80. The number of carbonyl (C=O) groups excluding carboxylic acids is 2. The van der Waals surface area contributed by atoms with Crippen molar-refractivity contribution in [3.63, 3.8) is 0 Å². The Labute approximate surface area is 138 Å². The lowest BCUT2D eigenvalue weighted by Gasteiger charge is -2.30. The molecular formula is C17H15ClN2O3. The lowest BCUT2D eigenvalue weighted by atomic mass is 9.85. The number of dihydropyridines is 1. The molecule has 1 aromatic carbocycles. The van der Waals surface area contributed by atoms with E-state index < -0.39 is 17.6 Å². The molecule has 3 aliphatic heterocycles. The molecule has 0 aliphatic carbocycles. The summed E-state index contributed by atoms with van der Waals surface area (Å²) < 4.78 is 5.98. The number of amides is 2. The molecular weight excluding hydrogens is 316 g/mol. The minimum absolute atomic E-state index is 0.263. The van der Waals surface area contributed by atoms with Crippen molar-refractivity contribution in [2.24, 2.45) is 10.9 Å². The van der Waals surface area contributed by atoms with Crippen LogP contribution in [0.3, 0.4) is 0 Å². The molecule has 0 bridgehead atoms. The van der Waals surface area contributed by atoms with Gasteiger partial charge >= 0.3 is 0 Å². The van der Waals surface area contributed by atoms with Crippen LogP contribution in [0.15, 0.2) is 40.9 Å². The van der Waals surface area contributed by atoms with Crippen LogP contribution in [0.2, 0.25) is 5.02 Å². The third kappa shape index (κ3) is 2.00. The number of rotatable bonds is 1. The average Bonchev–Trinajstić information content (AvgIpc) is 2.92. The first-order valence-electron chi connectivity index (χ1n) is 7.44. The molecule has 1 aromatic rings. The summed E-state index contributed by atoms with van der Waals surface area (Å²) in [6, 6.07) is 6.26. The zero-order valence-corrected chi connectivity index (χ0v) is 13.4. The molecule has 6 heteroatoms. The van der Waals surface area contributed by atoms with Gasteiger partial charge in [-0.2, -0.15) is 0 Å². The third-order valence-electron chi connectivity index (χ3n) is 4.64. The number of nitrogens with zero attached hydrogens (tertiary/aromatic N) is 2. The highest BCUT2D eigenvalue weighted by molar-refractivity contribution is 6.31. The Kier molecular flexibility index (Phi) is 3.02. The number of hydrogen-bond acceptors (Lipinski definition) is 4. The quantitative estimate of drug-likeness (QED) is 0.743. The second-order valence-electron chi connectivity index (χ2n) is 6.35. The van der Waals surface area contributed by atoms with E-state index in [1.807, 2.05) is 19.9 Å². The number of hydrogen-bond donors (Lipinski definition) is 0. The van der Waals surface area contributed by atoms with Gasteiger partial charge in [-0.3, -0.25) is 14.6 Å². The van der Waals surface area contributed by atoms with Crippen molar-refractivity contribution in [1.29, 1.82) is 0 Å². The van der Waals surface area contributed by atoms with Crippen LogP contribution in [0.4, 0.5) is 5.69 Å². The van der Waals surface area contributed by atoms with Gasteiger partial charge in [-0.05, 0) is 49.8 Å². The second kappa shape index (κ2) is 4.76. The van der Waals surface area contributed by atoms with Crippen LogP contribution in [0.5, 0.6) is 0 Å². The first-order valence-corrected chi connectivity index (χ1v) is 7.82. The van der Waals surface area contributed by atoms with Crippen molar-refractivity contribution >= 4 is 35.3 Å². The predicted octanol–water partition coefficient (Wildman–Crippen LogP) is 2.39. The molecule has 0 N–H and O–H groups in total. The Morgan fingerprint density at radius 3 is 2.61 bits per heavy atom. The normalized spacial score (nSPS) is 35.3. The Bertz CT molecular complexity index is 771. The maximum absolute atomic E-state index is 12.9. The van der Waals surface area contributed by atoms with E-state index in [1.54, 1.807) is 30.5 Å². The number of halogens is 1. The molecule has 0 saturated carbocycles. The van der Waals surface area contributed by atoms with Gasteiger partial charge in [-0.15, -0.1) is 0 Å². The number of benzene rings is 1. The Morgan fingerprint density at radius 1 is 1.22 bits per heavy atom. The average molecular weight is 331 g/mol. The van der Waals surface area contributed by atoms with E-state index in [9.17, 15) is 9.59 Å². The van der Waals surface area contributed by atoms with Gasteiger partial charge in [0.25, 0.3) is 5.91 Å². The highest BCUT2D eigenvalue weighted by atomic mass is 35.5. The van der Waals surface area contributed by atoms with Crippen molar-refractivity contribution in [3.05, 3.63) is 40.9 Å². The van der Waals surface area contributed by atoms with E-state index in [2.05, 4.69) is 4.99 Å². The largest absolute Gasteiger partial charge is 0.355 e. The number of aliphatic imine (C=N–C) groups is 1. The van der Waals surface area contributed by atoms with Gasteiger partial charge in [-0.25, -0.2) is 4.90 Å². The molecule has 0 spiro atoms. The van der Waals surface area contributed by atoms with Crippen LogP contribution < -0.4 is 4.90 Å². The minimum Gasteiger partial charge on any atom is -0.355 e. The highest BCUT2D eigenvalue weighted by Crippen LogP contribution is 2.46. The van der Waals surface area contributed by atoms with Gasteiger partial charge in [0.15, 0.2) is 6.10 Å². The van der Waals surface area contributed by atoms with Gasteiger partial charge in [0, 0.05) is 11.2 Å². The summed E-state index contributed by atoms with van der Waals surface area (Å²) in [5.74, 6) is -1.18. The van der Waals surface area contributed by atoms with Crippen LogP contribution in [-0.4, -0.2) is 35.8 Å². The standard InChI is InChI=1S/C17H15ClN2O3/c1-9-7-17(2)14(19-8-9)12-13(23-17)16(22)20(15(12)21)11-5-3-10(18)4-6-11/h3-8,12-14H,1-2H3/t12-,13+,14-,17+/m0/s1. The summed E-state index contributed by atoms with van der Waals surface area (Å²) in [4.78, 5) is 31.2. The summed E-state index contributed by atoms with van der Waals surface area (Å²) >= 11 is 5.87. The number of anilines is 1. The molecule has 2 amide bonds. The Morgan fingerprint density at radius 2 is 1.91 bits per heavy atom. The van der Waals surface area contributed by atoms with E-state index in [4.69, 9.17) is 16.3 Å². The van der Waals surface area contributed by atoms with E-state index in [1.165, 1.54) is 4.90 Å². The lowest BCUT2D eigenvalue weighted by Crippen LogP contribution is -2.43. The highest BCUT2D eigenvalue weighted by Gasteiger charge is 2.63. The molecule has 3 aliphatic rings. The second-order valence-corrected chi connectivity index (χ2v) is 6.78. The maximum atomic E-state index is 12.9. The number of ether oxygens (including phenoxy) is 1. The van der Waals surface area contributed by atoms with Gasteiger partial charge in [0.05, 0.1) is 17.6 Å². The Balaban J connectivity index is 1.72. The van der Waals surface area contributed by atoms with Crippen molar-refractivity contribution in [1.82, 2.24) is 0 Å². The zero-order chi connectivity index (χ0) is 16.4. The van der Waals surface area contributed by atoms with Crippen LogP contribution >= 0.6 is 11.6 Å². The number of fused-ring (bicyclic) bond motifs is 3.